The van der Waals surface area contributed by atoms with Gasteiger partial charge >= 0.3 is 0 Å². The molecular weight excluding hydrogens is 330 g/mol. The van der Waals surface area contributed by atoms with Gasteiger partial charge in [0.25, 0.3) is 5.89 Å². The lowest BCUT2D eigenvalue weighted by Gasteiger charge is -2.06. The highest BCUT2D eigenvalue weighted by Crippen LogP contribution is 2.25. The van der Waals surface area contributed by atoms with E-state index in [1.54, 1.807) is 12.4 Å². The Morgan fingerprint density at radius 2 is 2.04 bits per heavy atom. The summed E-state index contributed by atoms with van der Waals surface area (Å²) in [5.41, 5.74) is 3.68. The lowest BCUT2D eigenvalue weighted by molar-refractivity contribution is 0.305. The molecule has 0 saturated heterocycles. The lowest BCUT2D eigenvalue weighted by Crippen LogP contribution is -1.95. The molecule has 7 heteroatoms. The van der Waals surface area contributed by atoms with Crippen LogP contribution in [0.15, 0.2) is 53.3 Å². The van der Waals surface area contributed by atoms with Crippen molar-refractivity contribution in [2.75, 3.05) is 0 Å². The third-order valence-corrected chi connectivity index (χ3v) is 3.98. The van der Waals surface area contributed by atoms with Crippen LogP contribution in [0.4, 0.5) is 0 Å². The molecule has 130 valence electrons. The van der Waals surface area contributed by atoms with Crippen LogP contribution in [0.1, 0.15) is 17.0 Å². The molecular formula is C19H17N5O2. The summed E-state index contributed by atoms with van der Waals surface area (Å²) in [4.78, 5) is 16.1. The zero-order valence-electron chi connectivity index (χ0n) is 14.4. The van der Waals surface area contributed by atoms with Gasteiger partial charge in [-0.05, 0) is 38.1 Å². The Hall–Kier alpha value is -3.48. The predicted molar refractivity (Wildman–Crippen MR) is 95.4 cm³/mol. The number of nitrogens with one attached hydrogen (secondary N) is 1. The summed E-state index contributed by atoms with van der Waals surface area (Å²) in [5, 5.41) is 4.01. The zero-order chi connectivity index (χ0) is 17.9. The van der Waals surface area contributed by atoms with Gasteiger partial charge in [0.05, 0.1) is 5.69 Å². The molecule has 1 aromatic carbocycles. The largest absolute Gasteiger partial charge is 0.489 e. The number of pyridine rings is 1. The number of aryl methyl sites for hydroxylation is 2. The highest BCUT2D eigenvalue weighted by Gasteiger charge is 2.14. The fourth-order valence-electron chi connectivity index (χ4n) is 2.46. The molecule has 0 atom stereocenters. The normalized spacial score (nSPS) is 10.8. The first kappa shape index (κ1) is 16.0. The van der Waals surface area contributed by atoms with Gasteiger partial charge in [0.1, 0.15) is 12.4 Å². The fourth-order valence-corrected chi connectivity index (χ4v) is 2.46. The predicted octanol–water partition coefficient (Wildman–Crippen LogP) is 3.72. The van der Waals surface area contributed by atoms with Gasteiger partial charge < -0.3 is 14.2 Å². The van der Waals surface area contributed by atoms with Crippen LogP contribution in [0.3, 0.4) is 0 Å². The van der Waals surface area contributed by atoms with Gasteiger partial charge in [0.2, 0.25) is 5.82 Å². The van der Waals surface area contributed by atoms with E-state index in [4.69, 9.17) is 9.26 Å². The number of aromatic amines is 1. The van der Waals surface area contributed by atoms with Crippen molar-refractivity contribution in [1.82, 2.24) is 25.1 Å². The maximum Gasteiger partial charge on any atom is 0.258 e. The summed E-state index contributed by atoms with van der Waals surface area (Å²) < 4.78 is 11.2. The molecule has 7 nitrogen and oxygen atoms in total. The van der Waals surface area contributed by atoms with E-state index >= 15 is 0 Å². The third-order valence-electron chi connectivity index (χ3n) is 3.98. The fraction of sp³-hybridized carbons (Fsp3) is 0.158. The second-order valence-corrected chi connectivity index (χ2v) is 5.90. The van der Waals surface area contributed by atoms with Crippen molar-refractivity contribution >= 4 is 0 Å². The Morgan fingerprint density at radius 3 is 2.81 bits per heavy atom. The molecule has 0 unspecified atom stereocenters. The summed E-state index contributed by atoms with van der Waals surface area (Å²) in [6.07, 6.45) is 3.51. The summed E-state index contributed by atoms with van der Waals surface area (Å²) in [6, 6.07) is 11.4. The van der Waals surface area contributed by atoms with E-state index in [-0.39, 0.29) is 0 Å². The minimum atomic E-state index is 0.415. The Labute approximate surface area is 150 Å². The van der Waals surface area contributed by atoms with E-state index in [1.807, 2.05) is 50.2 Å². The van der Waals surface area contributed by atoms with Gasteiger partial charge in [-0.2, -0.15) is 4.98 Å². The van der Waals surface area contributed by atoms with Crippen molar-refractivity contribution in [1.29, 1.82) is 0 Å². The van der Waals surface area contributed by atoms with Crippen LogP contribution in [0.5, 0.6) is 5.75 Å². The van der Waals surface area contributed by atoms with Crippen molar-refractivity contribution < 1.29 is 9.26 Å². The van der Waals surface area contributed by atoms with Gasteiger partial charge in [-0.3, -0.25) is 4.98 Å². The number of benzene rings is 1. The molecule has 0 aliphatic rings. The molecule has 3 aromatic heterocycles. The summed E-state index contributed by atoms with van der Waals surface area (Å²) in [7, 11) is 0. The number of H-pyrrole nitrogens is 1. The smallest absolute Gasteiger partial charge is 0.258 e. The van der Waals surface area contributed by atoms with E-state index in [9.17, 15) is 0 Å². The number of aromatic nitrogens is 5. The maximum absolute atomic E-state index is 5.82. The minimum absolute atomic E-state index is 0.415. The van der Waals surface area contributed by atoms with E-state index in [0.717, 1.165) is 28.3 Å². The molecule has 0 aliphatic heterocycles. The SMILES string of the molecule is Cc1nc(-c2noc(-c3cccc(OCc4cccnc4)c3)n2)[nH]c1C. The van der Waals surface area contributed by atoms with Crippen LogP contribution < -0.4 is 4.74 Å². The molecule has 0 saturated carbocycles. The monoisotopic (exact) mass is 347 g/mol. The minimum Gasteiger partial charge on any atom is -0.489 e. The summed E-state index contributed by atoms with van der Waals surface area (Å²) >= 11 is 0. The summed E-state index contributed by atoms with van der Waals surface area (Å²) in [5.74, 6) is 2.16. The van der Waals surface area contributed by atoms with Crippen molar-refractivity contribution in [3.8, 4) is 28.9 Å². The van der Waals surface area contributed by atoms with Crippen molar-refractivity contribution in [3.63, 3.8) is 0 Å². The van der Waals surface area contributed by atoms with Crippen LogP contribution in [0.25, 0.3) is 23.1 Å². The molecule has 0 radical (unpaired) electrons. The van der Waals surface area contributed by atoms with E-state index in [0.29, 0.717) is 24.1 Å². The highest BCUT2D eigenvalue weighted by atomic mass is 16.5. The zero-order valence-corrected chi connectivity index (χ0v) is 14.4. The van der Waals surface area contributed by atoms with E-state index in [2.05, 4.69) is 25.1 Å². The first-order valence-electron chi connectivity index (χ1n) is 8.18. The summed E-state index contributed by atoms with van der Waals surface area (Å²) in [6.45, 7) is 4.33. The van der Waals surface area contributed by atoms with E-state index in [1.165, 1.54) is 0 Å². The molecule has 4 rings (SSSR count). The number of hydrogen-bond acceptors (Lipinski definition) is 6. The van der Waals surface area contributed by atoms with Gasteiger partial charge in [-0.15, -0.1) is 0 Å². The average Bonchev–Trinajstić information content (AvgIpc) is 3.29. The van der Waals surface area contributed by atoms with Crippen LogP contribution >= 0.6 is 0 Å². The quantitative estimate of drug-likeness (QED) is 0.592. The second kappa shape index (κ2) is 6.79. The number of nitrogens with zero attached hydrogens (tertiary/aromatic N) is 4. The van der Waals surface area contributed by atoms with Crippen molar-refractivity contribution in [3.05, 3.63) is 65.7 Å². The number of ether oxygens (including phenoxy) is 1. The molecule has 3 heterocycles. The number of imidazole rings is 1. The van der Waals surface area contributed by atoms with Gasteiger partial charge in [-0.25, -0.2) is 4.98 Å². The van der Waals surface area contributed by atoms with Crippen molar-refractivity contribution in [2.24, 2.45) is 0 Å². The maximum atomic E-state index is 5.82. The molecule has 0 aliphatic carbocycles. The molecule has 26 heavy (non-hydrogen) atoms. The van der Waals surface area contributed by atoms with Gasteiger partial charge in [-0.1, -0.05) is 17.3 Å². The van der Waals surface area contributed by atoms with Crippen molar-refractivity contribution in [2.45, 2.75) is 20.5 Å². The van der Waals surface area contributed by atoms with Crippen LogP contribution in [-0.4, -0.2) is 25.1 Å². The Kier molecular flexibility index (Phi) is 4.18. The Balaban J connectivity index is 1.53. The average molecular weight is 347 g/mol. The molecule has 0 amide bonds. The first-order valence-corrected chi connectivity index (χ1v) is 8.18. The number of rotatable bonds is 5. The van der Waals surface area contributed by atoms with Gasteiger partial charge in [0.15, 0.2) is 5.82 Å². The Morgan fingerprint density at radius 1 is 1.12 bits per heavy atom. The lowest BCUT2D eigenvalue weighted by atomic mass is 10.2. The van der Waals surface area contributed by atoms with Gasteiger partial charge in [0, 0.05) is 29.2 Å². The topological polar surface area (TPSA) is 89.7 Å². The Bertz CT molecular complexity index is 1000. The first-order chi connectivity index (χ1) is 12.7. The number of hydrogen-bond donors (Lipinski definition) is 1. The molecule has 0 bridgehead atoms. The molecule has 0 spiro atoms. The molecule has 0 fully saturated rings. The van der Waals surface area contributed by atoms with Crippen LogP contribution in [-0.2, 0) is 6.61 Å². The second-order valence-electron chi connectivity index (χ2n) is 5.90. The van der Waals surface area contributed by atoms with Crippen LogP contribution in [0.2, 0.25) is 0 Å². The van der Waals surface area contributed by atoms with E-state index < -0.39 is 0 Å². The van der Waals surface area contributed by atoms with Crippen LogP contribution in [0, 0.1) is 13.8 Å². The standard InChI is InChI=1S/C19H17N5O2/c1-12-13(2)22-17(21-12)18-23-19(26-24-18)15-6-3-7-16(9-15)25-11-14-5-4-8-20-10-14/h3-10H,11H2,1-2H3,(H,21,22). The molecule has 4 aromatic rings. The highest BCUT2D eigenvalue weighted by molar-refractivity contribution is 5.58. The molecule has 1 N–H and O–H groups in total. The third kappa shape index (κ3) is 3.32.